The number of nitrogens with zero attached hydrogens (tertiary/aromatic N) is 1. The molecule has 6 heteroatoms. The first-order valence-corrected chi connectivity index (χ1v) is 7.88. The summed E-state index contributed by atoms with van der Waals surface area (Å²) in [5.41, 5.74) is 0.488. The van der Waals surface area contributed by atoms with Gasteiger partial charge in [0.05, 0.1) is 31.4 Å². The molecule has 110 valence electrons. The molecular weight excluding hydrogens is 346 g/mol. The third kappa shape index (κ3) is 3.27. The molecule has 1 aliphatic rings. The van der Waals surface area contributed by atoms with Crippen molar-refractivity contribution in [3.05, 3.63) is 28.8 Å². The normalized spacial score (nSPS) is 22.7. The molecule has 0 N–H and O–H groups in total. The quantitative estimate of drug-likeness (QED) is 0.776. The lowest BCUT2D eigenvalue weighted by molar-refractivity contribution is -0.0362. The van der Waals surface area contributed by atoms with Crippen LogP contribution in [0.15, 0.2) is 18.2 Å². The van der Waals surface area contributed by atoms with Gasteiger partial charge in [0.15, 0.2) is 0 Å². The number of ether oxygens (including phenoxy) is 2. The zero-order chi connectivity index (χ0) is 14.7. The molecule has 0 saturated carbocycles. The van der Waals surface area contributed by atoms with Crippen LogP contribution in [0.2, 0.25) is 5.02 Å². The van der Waals surface area contributed by atoms with Crippen molar-refractivity contribution in [1.29, 1.82) is 0 Å². The first kappa shape index (κ1) is 15.6. The molecule has 0 aromatic heterocycles. The molecule has 0 bridgehead atoms. The fraction of sp³-hybridized carbons (Fsp3) is 0.500. The molecule has 1 fully saturated rings. The van der Waals surface area contributed by atoms with E-state index in [1.54, 1.807) is 25.3 Å². The van der Waals surface area contributed by atoms with Crippen LogP contribution in [0.25, 0.3) is 0 Å². The zero-order valence-corrected chi connectivity index (χ0v) is 13.8. The topological polar surface area (TPSA) is 38.8 Å². The number of halogens is 2. The van der Waals surface area contributed by atoms with Gasteiger partial charge in [0.2, 0.25) is 0 Å². The average Bonchev–Trinajstić information content (AvgIpc) is 2.47. The number of rotatable bonds is 3. The SMILES string of the molecule is COc1ccc(Cl)cc1C(=O)N1CC(CBr)OCC1C. The number of benzene rings is 1. The summed E-state index contributed by atoms with van der Waals surface area (Å²) in [7, 11) is 1.55. The van der Waals surface area contributed by atoms with E-state index in [1.807, 2.05) is 11.8 Å². The Labute approximate surface area is 132 Å². The summed E-state index contributed by atoms with van der Waals surface area (Å²) in [5, 5.41) is 1.23. The highest BCUT2D eigenvalue weighted by molar-refractivity contribution is 9.09. The van der Waals surface area contributed by atoms with E-state index < -0.39 is 0 Å². The van der Waals surface area contributed by atoms with Gasteiger partial charge in [0.1, 0.15) is 5.75 Å². The number of hydrogen-bond donors (Lipinski definition) is 0. The summed E-state index contributed by atoms with van der Waals surface area (Å²) in [6.45, 7) is 3.06. The zero-order valence-electron chi connectivity index (χ0n) is 11.4. The number of carbonyl (C=O) groups excluding carboxylic acids is 1. The van der Waals surface area contributed by atoms with Crippen molar-refractivity contribution in [3.8, 4) is 5.75 Å². The van der Waals surface area contributed by atoms with Gasteiger partial charge in [0, 0.05) is 16.9 Å². The predicted octanol–water partition coefficient (Wildman–Crippen LogP) is 2.97. The molecule has 0 radical (unpaired) electrons. The summed E-state index contributed by atoms with van der Waals surface area (Å²) in [5.74, 6) is 0.458. The van der Waals surface area contributed by atoms with Crippen LogP contribution >= 0.6 is 27.5 Å². The highest BCUT2D eigenvalue weighted by Crippen LogP contribution is 2.26. The lowest BCUT2D eigenvalue weighted by Crippen LogP contribution is -2.51. The molecule has 0 aliphatic carbocycles. The molecule has 0 spiro atoms. The lowest BCUT2D eigenvalue weighted by atomic mass is 10.1. The summed E-state index contributed by atoms with van der Waals surface area (Å²) in [4.78, 5) is 14.5. The first-order chi connectivity index (χ1) is 9.56. The van der Waals surface area contributed by atoms with E-state index in [-0.39, 0.29) is 18.1 Å². The van der Waals surface area contributed by atoms with E-state index in [4.69, 9.17) is 21.1 Å². The summed E-state index contributed by atoms with van der Waals surface area (Å²) in [6, 6.07) is 5.10. The molecule has 1 heterocycles. The Kier molecular flexibility index (Phi) is 5.29. The molecular formula is C14H17BrClNO3. The van der Waals surface area contributed by atoms with Crippen molar-refractivity contribution in [1.82, 2.24) is 4.90 Å². The highest BCUT2D eigenvalue weighted by Gasteiger charge is 2.31. The molecule has 20 heavy (non-hydrogen) atoms. The second kappa shape index (κ2) is 6.78. The van der Waals surface area contributed by atoms with E-state index >= 15 is 0 Å². The Morgan fingerprint density at radius 1 is 1.60 bits per heavy atom. The number of morpholine rings is 1. The van der Waals surface area contributed by atoms with Crippen LogP contribution in [0.5, 0.6) is 5.75 Å². The fourth-order valence-corrected chi connectivity index (χ4v) is 2.76. The average molecular weight is 363 g/mol. The molecule has 1 aliphatic heterocycles. The summed E-state index contributed by atoms with van der Waals surface area (Å²) >= 11 is 9.39. The third-order valence-corrected chi connectivity index (χ3v) is 4.29. The van der Waals surface area contributed by atoms with E-state index in [2.05, 4.69) is 15.9 Å². The van der Waals surface area contributed by atoms with Gasteiger partial charge < -0.3 is 14.4 Å². The highest BCUT2D eigenvalue weighted by atomic mass is 79.9. The van der Waals surface area contributed by atoms with Crippen molar-refractivity contribution in [2.45, 2.75) is 19.1 Å². The maximum atomic E-state index is 12.7. The fourth-order valence-electron chi connectivity index (χ4n) is 2.20. The number of amides is 1. The first-order valence-electron chi connectivity index (χ1n) is 6.39. The van der Waals surface area contributed by atoms with Crippen LogP contribution in [0, 0.1) is 0 Å². The minimum Gasteiger partial charge on any atom is -0.496 e. The monoisotopic (exact) mass is 361 g/mol. The van der Waals surface area contributed by atoms with Gasteiger partial charge in [-0.15, -0.1) is 0 Å². The van der Waals surface area contributed by atoms with Crippen molar-refractivity contribution in [2.75, 3.05) is 25.6 Å². The number of carbonyl (C=O) groups is 1. The Hall–Kier alpha value is -0.780. The summed E-state index contributed by atoms with van der Waals surface area (Å²) < 4.78 is 10.9. The van der Waals surface area contributed by atoms with Gasteiger partial charge in [-0.2, -0.15) is 0 Å². The number of methoxy groups -OCH3 is 1. The van der Waals surface area contributed by atoms with E-state index in [0.29, 0.717) is 34.8 Å². The molecule has 4 nitrogen and oxygen atoms in total. The summed E-state index contributed by atoms with van der Waals surface area (Å²) in [6.07, 6.45) is 0.0142. The lowest BCUT2D eigenvalue weighted by Gasteiger charge is -2.37. The van der Waals surface area contributed by atoms with Crippen LogP contribution < -0.4 is 4.74 Å². The van der Waals surface area contributed by atoms with Gasteiger partial charge >= 0.3 is 0 Å². The minimum absolute atomic E-state index is 0.0142. The van der Waals surface area contributed by atoms with E-state index in [0.717, 1.165) is 0 Å². The van der Waals surface area contributed by atoms with Crippen molar-refractivity contribution in [3.63, 3.8) is 0 Å². The Bertz CT molecular complexity index is 497. The van der Waals surface area contributed by atoms with E-state index in [9.17, 15) is 4.79 Å². The van der Waals surface area contributed by atoms with Gasteiger partial charge in [-0.3, -0.25) is 4.79 Å². The number of alkyl halides is 1. The van der Waals surface area contributed by atoms with Crippen molar-refractivity contribution in [2.24, 2.45) is 0 Å². The van der Waals surface area contributed by atoms with Gasteiger partial charge in [-0.1, -0.05) is 27.5 Å². The Balaban J connectivity index is 2.27. The Morgan fingerprint density at radius 2 is 2.35 bits per heavy atom. The van der Waals surface area contributed by atoms with Crippen LogP contribution in [-0.4, -0.2) is 48.5 Å². The molecule has 2 unspecified atom stereocenters. The standard InChI is InChI=1S/C14H17BrClNO3/c1-9-8-20-11(6-15)7-17(9)14(18)12-5-10(16)3-4-13(12)19-2/h3-5,9,11H,6-8H2,1-2H3. The van der Waals surface area contributed by atoms with Crippen molar-refractivity contribution >= 4 is 33.4 Å². The van der Waals surface area contributed by atoms with Crippen LogP contribution in [-0.2, 0) is 4.74 Å². The second-order valence-corrected chi connectivity index (χ2v) is 5.84. The number of hydrogen-bond acceptors (Lipinski definition) is 3. The molecule has 1 amide bonds. The van der Waals surface area contributed by atoms with Gasteiger partial charge in [-0.25, -0.2) is 0 Å². The minimum atomic E-state index is -0.0777. The molecule has 1 aromatic rings. The van der Waals surface area contributed by atoms with Crippen molar-refractivity contribution < 1.29 is 14.3 Å². The molecule has 2 rings (SSSR count). The van der Waals surface area contributed by atoms with Gasteiger partial charge in [0.25, 0.3) is 5.91 Å². The molecule has 1 aromatic carbocycles. The largest absolute Gasteiger partial charge is 0.496 e. The molecule has 1 saturated heterocycles. The maximum Gasteiger partial charge on any atom is 0.258 e. The Morgan fingerprint density at radius 3 is 3.00 bits per heavy atom. The maximum absolute atomic E-state index is 12.7. The molecule has 2 atom stereocenters. The second-order valence-electron chi connectivity index (χ2n) is 4.76. The van der Waals surface area contributed by atoms with Crippen LogP contribution in [0.4, 0.5) is 0 Å². The third-order valence-electron chi connectivity index (χ3n) is 3.33. The van der Waals surface area contributed by atoms with Crippen LogP contribution in [0.1, 0.15) is 17.3 Å². The smallest absolute Gasteiger partial charge is 0.258 e. The van der Waals surface area contributed by atoms with Crippen LogP contribution in [0.3, 0.4) is 0 Å². The van der Waals surface area contributed by atoms with E-state index in [1.165, 1.54) is 0 Å². The van der Waals surface area contributed by atoms with Gasteiger partial charge in [-0.05, 0) is 25.1 Å². The predicted molar refractivity (Wildman–Crippen MR) is 82.0 cm³/mol.